The SMILES string of the molecule is CCCCOC(=O)N[C@H](CO)C(=O)OCc1ccccc1. The van der Waals surface area contributed by atoms with Crippen LogP contribution in [0.3, 0.4) is 0 Å². The van der Waals surface area contributed by atoms with Gasteiger partial charge in [-0.25, -0.2) is 9.59 Å². The zero-order valence-electron chi connectivity index (χ0n) is 12.1. The summed E-state index contributed by atoms with van der Waals surface area (Å²) in [4.78, 5) is 23.2. The molecule has 1 rings (SSSR count). The first-order chi connectivity index (χ1) is 10.2. The molecule has 0 saturated heterocycles. The van der Waals surface area contributed by atoms with Crippen LogP contribution in [0.15, 0.2) is 30.3 Å². The van der Waals surface area contributed by atoms with E-state index in [0.717, 1.165) is 18.4 Å². The Balaban J connectivity index is 2.36. The number of aliphatic hydroxyl groups is 1. The van der Waals surface area contributed by atoms with Gasteiger partial charge in [0.2, 0.25) is 0 Å². The van der Waals surface area contributed by atoms with Crippen molar-refractivity contribution in [3.63, 3.8) is 0 Å². The van der Waals surface area contributed by atoms with Gasteiger partial charge in [0.1, 0.15) is 6.61 Å². The third-order valence-corrected chi connectivity index (χ3v) is 2.71. The van der Waals surface area contributed by atoms with E-state index >= 15 is 0 Å². The summed E-state index contributed by atoms with van der Waals surface area (Å²) in [5.74, 6) is -0.700. The molecule has 0 aromatic heterocycles. The van der Waals surface area contributed by atoms with E-state index in [1.54, 1.807) is 0 Å². The molecule has 0 saturated carbocycles. The van der Waals surface area contributed by atoms with Crippen LogP contribution in [-0.2, 0) is 20.9 Å². The topological polar surface area (TPSA) is 84.9 Å². The lowest BCUT2D eigenvalue weighted by molar-refractivity contribution is -0.148. The van der Waals surface area contributed by atoms with Crippen LogP contribution >= 0.6 is 0 Å². The van der Waals surface area contributed by atoms with Gasteiger partial charge in [-0.1, -0.05) is 43.7 Å². The summed E-state index contributed by atoms with van der Waals surface area (Å²) in [6.07, 6.45) is 0.907. The number of amides is 1. The fourth-order valence-electron chi connectivity index (χ4n) is 1.50. The van der Waals surface area contributed by atoms with Crippen LogP contribution in [0.25, 0.3) is 0 Å². The van der Waals surface area contributed by atoms with Gasteiger partial charge in [0, 0.05) is 0 Å². The van der Waals surface area contributed by atoms with E-state index in [1.165, 1.54) is 0 Å². The molecule has 0 fully saturated rings. The molecule has 2 N–H and O–H groups in total. The number of alkyl carbamates (subject to hydrolysis) is 1. The van der Waals surface area contributed by atoms with E-state index in [9.17, 15) is 9.59 Å². The summed E-state index contributed by atoms with van der Waals surface area (Å²) in [5, 5.41) is 11.4. The normalized spacial score (nSPS) is 11.5. The van der Waals surface area contributed by atoms with Gasteiger partial charge in [-0.15, -0.1) is 0 Å². The summed E-state index contributed by atoms with van der Waals surface area (Å²) in [6.45, 7) is 1.79. The molecule has 0 aliphatic carbocycles. The number of unbranched alkanes of at least 4 members (excludes halogenated alkanes) is 1. The number of carbonyl (C=O) groups is 2. The highest BCUT2D eigenvalue weighted by molar-refractivity contribution is 5.81. The first-order valence-electron chi connectivity index (χ1n) is 6.92. The molecule has 6 heteroatoms. The quantitative estimate of drug-likeness (QED) is 0.562. The summed E-state index contributed by atoms with van der Waals surface area (Å²) in [6, 6.07) is 8.02. The molecule has 1 aromatic carbocycles. The van der Waals surface area contributed by atoms with Crippen LogP contribution in [0.1, 0.15) is 25.3 Å². The smallest absolute Gasteiger partial charge is 0.407 e. The third kappa shape index (κ3) is 6.76. The predicted molar refractivity (Wildman–Crippen MR) is 76.5 cm³/mol. The fraction of sp³-hybridized carbons (Fsp3) is 0.467. The standard InChI is InChI=1S/C15H21NO5/c1-2-3-9-20-15(19)16-13(10-17)14(18)21-11-12-7-5-4-6-8-12/h4-8,13,17H,2-3,9-11H2,1H3,(H,16,19)/t13-/m1/s1. The largest absolute Gasteiger partial charge is 0.459 e. The Kier molecular flexibility index (Phi) is 7.89. The minimum absolute atomic E-state index is 0.0860. The van der Waals surface area contributed by atoms with Crippen molar-refractivity contribution in [3.05, 3.63) is 35.9 Å². The van der Waals surface area contributed by atoms with E-state index in [2.05, 4.69) is 5.32 Å². The number of rotatable bonds is 8. The van der Waals surface area contributed by atoms with E-state index < -0.39 is 24.7 Å². The van der Waals surface area contributed by atoms with Gasteiger partial charge < -0.3 is 19.9 Å². The second-order valence-electron chi connectivity index (χ2n) is 4.46. The fourth-order valence-corrected chi connectivity index (χ4v) is 1.50. The molecule has 0 heterocycles. The van der Waals surface area contributed by atoms with Crippen molar-refractivity contribution in [1.82, 2.24) is 5.32 Å². The first kappa shape index (κ1) is 17.0. The van der Waals surface area contributed by atoms with E-state index in [4.69, 9.17) is 14.6 Å². The molecule has 21 heavy (non-hydrogen) atoms. The lowest BCUT2D eigenvalue weighted by Crippen LogP contribution is -2.44. The molecular weight excluding hydrogens is 274 g/mol. The highest BCUT2D eigenvalue weighted by Crippen LogP contribution is 2.02. The van der Waals surface area contributed by atoms with Gasteiger partial charge in [0.15, 0.2) is 6.04 Å². The van der Waals surface area contributed by atoms with E-state index in [-0.39, 0.29) is 13.2 Å². The van der Waals surface area contributed by atoms with Crippen LogP contribution in [-0.4, -0.2) is 36.4 Å². The number of benzene rings is 1. The molecule has 0 aliphatic heterocycles. The van der Waals surface area contributed by atoms with Crippen molar-refractivity contribution < 1.29 is 24.2 Å². The Morgan fingerprint density at radius 2 is 1.95 bits per heavy atom. The Labute approximate surface area is 124 Å². The lowest BCUT2D eigenvalue weighted by Gasteiger charge is -2.15. The number of hydrogen-bond acceptors (Lipinski definition) is 5. The molecule has 0 aliphatic rings. The van der Waals surface area contributed by atoms with Crippen LogP contribution in [0.4, 0.5) is 4.79 Å². The summed E-state index contributed by atoms with van der Waals surface area (Å²) < 4.78 is 9.90. The minimum atomic E-state index is -1.12. The summed E-state index contributed by atoms with van der Waals surface area (Å²) in [7, 11) is 0. The maximum absolute atomic E-state index is 11.8. The molecule has 0 radical (unpaired) electrons. The molecule has 1 aromatic rings. The van der Waals surface area contributed by atoms with Crippen LogP contribution in [0, 0.1) is 0 Å². The average Bonchev–Trinajstić information content (AvgIpc) is 2.51. The molecule has 0 spiro atoms. The molecule has 1 amide bonds. The molecule has 6 nitrogen and oxygen atoms in total. The van der Waals surface area contributed by atoms with Gasteiger partial charge in [0.05, 0.1) is 13.2 Å². The number of hydrogen-bond donors (Lipinski definition) is 2. The summed E-state index contributed by atoms with van der Waals surface area (Å²) in [5.41, 5.74) is 0.827. The van der Waals surface area contributed by atoms with Crippen LogP contribution in [0.5, 0.6) is 0 Å². The number of nitrogens with one attached hydrogen (secondary N) is 1. The second kappa shape index (κ2) is 9.77. The Morgan fingerprint density at radius 1 is 1.24 bits per heavy atom. The zero-order valence-corrected chi connectivity index (χ0v) is 12.1. The maximum Gasteiger partial charge on any atom is 0.407 e. The minimum Gasteiger partial charge on any atom is -0.459 e. The Bertz CT molecular complexity index is 435. The first-order valence-corrected chi connectivity index (χ1v) is 6.92. The predicted octanol–water partition coefficient (Wildman–Crippen LogP) is 1.62. The van der Waals surface area contributed by atoms with Crippen LogP contribution < -0.4 is 5.32 Å². The van der Waals surface area contributed by atoms with E-state index in [1.807, 2.05) is 37.3 Å². The number of esters is 1. The molecule has 0 bridgehead atoms. The Hall–Kier alpha value is -2.08. The van der Waals surface area contributed by atoms with Crippen molar-refractivity contribution in [1.29, 1.82) is 0 Å². The highest BCUT2D eigenvalue weighted by Gasteiger charge is 2.22. The van der Waals surface area contributed by atoms with Crippen molar-refractivity contribution in [2.45, 2.75) is 32.4 Å². The molecule has 116 valence electrons. The molecule has 1 atom stereocenters. The Morgan fingerprint density at radius 3 is 2.57 bits per heavy atom. The average molecular weight is 295 g/mol. The molecular formula is C15H21NO5. The second-order valence-corrected chi connectivity index (χ2v) is 4.46. The number of ether oxygens (including phenoxy) is 2. The van der Waals surface area contributed by atoms with Crippen LogP contribution in [0.2, 0.25) is 0 Å². The van der Waals surface area contributed by atoms with Crippen molar-refractivity contribution >= 4 is 12.1 Å². The van der Waals surface area contributed by atoms with Gasteiger partial charge >= 0.3 is 12.1 Å². The van der Waals surface area contributed by atoms with Crippen molar-refractivity contribution in [3.8, 4) is 0 Å². The van der Waals surface area contributed by atoms with E-state index in [0.29, 0.717) is 0 Å². The van der Waals surface area contributed by atoms with Gasteiger partial charge in [-0.3, -0.25) is 0 Å². The highest BCUT2D eigenvalue weighted by atomic mass is 16.6. The number of aliphatic hydroxyl groups excluding tert-OH is 1. The number of carbonyl (C=O) groups excluding carboxylic acids is 2. The zero-order chi connectivity index (χ0) is 15.5. The lowest BCUT2D eigenvalue weighted by atomic mass is 10.2. The van der Waals surface area contributed by atoms with Gasteiger partial charge in [-0.05, 0) is 12.0 Å². The third-order valence-electron chi connectivity index (χ3n) is 2.71. The van der Waals surface area contributed by atoms with Gasteiger partial charge in [0.25, 0.3) is 0 Å². The van der Waals surface area contributed by atoms with Gasteiger partial charge in [-0.2, -0.15) is 0 Å². The monoisotopic (exact) mass is 295 g/mol. The van der Waals surface area contributed by atoms with Crippen molar-refractivity contribution in [2.24, 2.45) is 0 Å². The maximum atomic E-state index is 11.8. The molecule has 0 unspecified atom stereocenters. The summed E-state index contributed by atoms with van der Waals surface area (Å²) >= 11 is 0. The van der Waals surface area contributed by atoms with Crippen molar-refractivity contribution in [2.75, 3.05) is 13.2 Å².